The van der Waals surface area contributed by atoms with Gasteiger partial charge in [-0.2, -0.15) is 13.2 Å². The van der Waals surface area contributed by atoms with Crippen LogP contribution in [0.2, 0.25) is 0 Å². The maximum Gasteiger partial charge on any atom is 0.573 e. The van der Waals surface area contributed by atoms with Crippen molar-refractivity contribution in [3.63, 3.8) is 0 Å². The molecule has 0 N–H and O–H groups in total. The van der Waals surface area contributed by atoms with Crippen LogP contribution in [0, 0.1) is 10.1 Å². The van der Waals surface area contributed by atoms with Gasteiger partial charge in [0.1, 0.15) is 6.20 Å². The molecule has 1 aromatic heterocycles. The second-order valence-electron chi connectivity index (χ2n) is 3.27. The van der Waals surface area contributed by atoms with Gasteiger partial charge in [-0.05, 0) is 11.6 Å². The molecule has 21 heavy (non-hydrogen) atoms. The molecule has 0 bridgehead atoms. The fourth-order valence-electron chi connectivity index (χ4n) is 1.23. The van der Waals surface area contributed by atoms with Crippen LogP contribution in [0.25, 0.3) is 0 Å². The molecule has 0 aliphatic carbocycles. The highest BCUT2D eigenvalue weighted by molar-refractivity contribution is 6.68. The van der Waals surface area contributed by atoms with E-state index in [0.717, 1.165) is 0 Å². The average molecular weight is 339 g/mol. The molecule has 0 spiro atoms. The quantitative estimate of drug-likeness (QED) is 0.365. The largest absolute Gasteiger partial charge is 0.573 e. The maximum absolute atomic E-state index is 12.6. The third-order valence-corrected chi connectivity index (χ3v) is 2.08. The van der Waals surface area contributed by atoms with Crippen LogP contribution in [-0.2, 0) is 6.18 Å². The molecule has 1 rings (SSSR count). The third-order valence-electron chi connectivity index (χ3n) is 1.89. The minimum atomic E-state index is -5.65. The van der Waals surface area contributed by atoms with E-state index in [-0.39, 0.29) is 6.20 Å². The van der Waals surface area contributed by atoms with Crippen molar-refractivity contribution < 1.29 is 40.8 Å². The first-order valence-corrected chi connectivity index (χ1v) is 4.92. The maximum atomic E-state index is 12.6. The minimum Gasteiger partial charge on any atom is -0.402 e. The monoisotopic (exact) mass is 338 g/mol. The number of carbonyl (C=O) groups is 1. The second kappa shape index (κ2) is 5.35. The summed E-state index contributed by atoms with van der Waals surface area (Å²) < 4.78 is 77.2. The molecule has 0 unspecified atom stereocenters. The van der Waals surface area contributed by atoms with E-state index in [2.05, 4.69) is 9.72 Å². The second-order valence-corrected chi connectivity index (χ2v) is 3.62. The van der Waals surface area contributed by atoms with E-state index in [1.807, 2.05) is 0 Å². The van der Waals surface area contributed by atoms with E-state index in [9.17, 15) is 41.3 Å². The van der Waals surface area contributed by atoms with Gasteiger partial charge in [-0.25, -0.2) is 4.98 Å². The molecule has 0 aliphatic rings. The van der Waals surface area contributed by atoms with Gasteiger partial charge in [0.05, 0.1) is 4.92 Å². The van der Waals surface area contributed by atoms with Gasteiger partial charge in [-0.1, -0.05) is 0 Å². The van der Waals surface area contributed by atoms with Gasteiger partial charge in [-0.15, -0.1) is 13.2 Å². The van der Waals surface area contributed by atoms with E-state index >= 15 is 0 Å². The van der Waals surface area contributed by atoms with Crippen molar-refractivity contribution >= 4 is 22.5 Å². The van der Waals surface area contributed by atoms with Crippen molar-refractivity contribution in [1.82, 2.24) is 4.98 Å². The topological polar surface area (TPSA) is 82.3 Å². The number of rotatable bonds is 3. The highest BCUT2D eigenvalue weighted by Gasteiger charge is 2.45. The lowest BCUT2D eigenvalue weighted by Gasteiger charge is -2.16. The lowest BCUT2D eigenvalue weighted by molar-refractivity contribution is -0.385. The van der Waals surface area contributed by atoms with Crippen LogP contribution in [-0.4, -0.2) is 21.5 Å². The Bertz CT molecular complexity index is 600. The first kappa shape index (κ1) is 16.9. The fourth-order valence-corrected chi connectivity index (χ4v) is 1.41. The van der Waals surface area contributed by atoms with E-state index in [0.29, 0.717) is 0 Å². The summed E-state index contributed by atoms with van der Waals surface area (Å²) in [5.41, 5.74) is -5.42. The Morgan fingerprint density at radius 3 is 2.14 bits per heavy atom. The van der Waals surface area contributed by atoms with Gasteiger partial charge in [-0.3, -0.25) is 14.9 Å². The third kappa shape index (κ3) is 3.93. The Morgan fingerprint density at radius 1 is 1.29 bits per heavy atom. The Kier molecular flexibility index (Phi) is 4.32. The smallest absolute Gasteiger partial charge is 0.402 e. The molecule has 0 amide bonds. The number of alkyl halides is 6. The molecule has 1 heterocycles. The fraction of sp³-hybridized carbons (Fsp3) is 0.250. The summed E-state index contributed by atoms with van der Waals surface area (Å²) in [5.74, 6) is -2.18. The van der Waals surface area contributed by atoms with E-state index in [4.69, 9.17) is 11.6 Å². The minimum absolute atomic E-state index is 0.0400. The zero-order chi connectivity index (χ0) is 16.6. The van der Waals surface area contributed by atoms with Crippen molar-refractivity contribution in [2.45, 2.75) is 12.5 Å². The van der Waals surface area contributed by atoms with E-state index in [1.165, 1.54) is 0 Å². The molecule has 0 saturated heterocycles. The van der Waals surface area contributed by atoms with Crippen LogP contribution >= 0.6 is 11.6 Å². The molecular formula is C8HClF6N2O4. The first-order valence-electron chi connectivity index (χ1n) is 4.54. The number of carbonyl (C=O) groups excluding carboxylic acids is 1. The summed E-state index contributed by atoms with van der Waals surface area (Å²) >= 11 is 4.82. The van der Waals surface area contributed by atoms with E-state index in [1.54, 1.807) is 0 Å². The summed E-state index contributed by atoms with van der Waals surface area (Å²) in [4.78, 5) is 22.6. The number of pyridine rings is 1. The number of hydrogen-bond acceptors (Lipinski definition) is 5. The average Bonchev–Trinajstić information content (AvgIpc) is 2.23. The molecule has 6 nitrogen and oxygen atoms in total. The molecule has 0 radical (unpaired) electrons. The van der Waals surface area contributed by atoms with Crippen LogP contribution in [0.1, 0.15) is 16.1 Å². The number of nitrogens with zero attached hydrogens (tertiary/aromatic N) is 2. The van der Waals surface area contributed by atoms with Gasteiger partial charge in [0.2, 0.25) is 0 Å². The van der Waals surface area contributed by atoms with Gasteiger partial charge in [0, 0.05) is 0 Å². The van der Waals surface area contributed by atoms with Gasteiger partial charge >= 0.3 is 18.2 Å². The lowest BCUT2D eigenvalue weighted by atomic mass is 10.1. The molecule has 0 aromatic carbocycles. The van der Waals surface area contributed by atoms with Crippen LogP contribution in [0.3, 0.4) is 0 Å². The molecule has 13 heteroatoms. The van der Waals surface area contributed by atoms with Gasteiger partial charge in [0.25, 0.3) is 5.24 Å². The predicted molar refractivity (Wildman–Crippen MR) is 52.8 cm³/mol. The van der Waals surface area contributed by atoms with Crippen LogP contribution in [0.5, 0.6) is 5.75 Å². The highest BCUT2D eigenvalue weighted by atomic mass is 35.5. The number of aromatic nitrogens is 1. The molecule has 0 fully saturated rings. The zero-order valence-corrected chi connectivity index (χ0v) is 10.0. The molecular weight excluding hydrogens is 338 g/mol. The number of hydrogen-bond donors (Lipinski definition) is 0. The highest BCUT2D eigenvalue weighted by Crippen LogP contribution is 2.42. The van der Waals surface area contributed by atoms with Crippen molar-refractivity contribution in [3.05, 3.63) is 27.6 Å². The molecule has 0 atom stereocenters. The van der Waals surface area contributed by atoms with Gasteiger partial charge in [0.15, 0.2) is 17.0 Å². The zero-order valence-electron chi connectivity index (χ0n) is 9.25. The van der Waals surface area contributed by atoms with Crippen LogP contribution in [0.4, 0.5) is 32.0 Å². The molecule has 116 valence electrons. The Morgan fingerprint density at radius 2 is 1.81 bits per heavy atom. The predicted octanol–water partition coefficient (Wildman–Crippen LogP) is 3.29. The summed E-state index contributed by atoms with van der Waals surface area (Å²) in [6, 6.07) is 0. The van der Waals surface area contributed by atoms with Gasteiger partial charge < -0.3 is 4.74 Å². The number of halogens is 7. The van der Waals surface area contributed by atoms with Crippen molar-refractivity contribution in [1.29, 1.82) is 0 Å². The number of ether oxygens (including phenoxy) is 1. The van der Waals surface area contributed by atoms with Crippen LogP contribution in [0.15, 0.2) is 6.20 Å². The number of nitro groups is 1. The first-order chi connectivity index (χ1) is 9.34. The molecule has 1 aromatic rings. The standard InChI is InChI=1S/C8HClF6N2O4/c9-6(18)3-2(17(19)20)1-16-5(7(10,11)12)4(3)21-8(13,14)15/h1H. The summed E-state index contributed by atoms with van der Waals surface area (Å²) in [7, 11) is 0. The Labute approximate surface area is 115 Å². The van der Waals surface area contributed by atoms with Crippen molar-refractivity contribution in [3.8, 4) is 5.75 Å². The van der Waals surface area contributed by atoms with Crippen molar-refractivity contribution in [2.24, 2.45) is 0 Å². The molecule has 0 saturated carbocycles. The normalized spacial score (nSPS) is 12.1. The Hall–Kier alpha value is -2.11. The summed E-state index contributed by atoms with van der Waals surface area (Å²) in [5, 5.41) is 8.61. The van der Waals surface area contributed by atoms with Crippen molar-refractivity contribution in [2.75, 3.05) is 0 Å². The van der Waals surface area contributed by atoms with Crippen LogP contribution < -0.4 is 4.74 Å². The summed E-state index contributed by atoms with van der Waals surface area (Å²) in [6.45, 7) is 0. The SMILES string of the molecule is O=C(Cl)c1c([N+](=O)[O-])cnc(C(F)(F)F)c1OC(F)(F)F. The van der Waals surface area contributed by atoms with E-state index < -0.39 is 45.4 Å². The molecule has 0 aliphatic heterocycles. The lowest BCUT2D eigenvalue weighted by Crippen LogP contribution is -2.23. The summed E-state index contributed by atoms with van der Waals surface area (Å²) in [6.07, 6.45) is -11.2. The Balaban J connectivity index is 3.75.